The largest absolute Gasteiger partial charge is 0.455 e. The number of hydrogen-bond acceptors (Lipinski definition) is 4. The number of amidine groups is 1. The Balaban J connectivity index is 1.46. The van der Waals surface area contributed by atoms with Gasteiger partial charge in [-0.25, -0.2) is 4.99 Å². The molecule has 4 aromatic rings. The normalized spacial score (nSPS) is 12.0. The number of benzene rings is 3. The van der Waals surface area contributed by atoms with Crippen LogP contribution in [0.4, 0.5) is 24.5 Å². The van der Waals surface area contributed by atoms with Crippen LogP contribution >= 0.6 is 11.6 Å². The second kappa shape index (κ2) is 11.8. The second-order valence-corrected chi connectivity index (χ2v) is 8.75. The Labute approximate surface area is 227 Å². The molecule has 0 atom stereocenters. The highest BCUT2D eigenvalue weighted by Gasteiger charge is 2.32. The zero-order valence-electron chi connectivity index (χ0n) is 20.5. The molecule has 0 aliphatic heterocycles. The van der Waals surface area contributed by atoms with Gasteiger partial charge in [0, 0.05) is 28.5 Å². The SMILES string of the molecule is Cc1ncccc1Oc1ccc(C(N)=Nc2cc(Cl)cc(NC(=O)C=Cc3ccccc3C(F)(F)F)c2)cc1. The van der Waals surface area contributed by atoms with Crippen LogP contribution in [0.5, 0.6) is 11.5 Å². The molecule has 3 aromatic carbocycles. The van der Waals surface area contributed by atoms with Crippen LogP contribution in [0.3, 0.4) is 0 Å². The predicted octanol–water partition coefficient (Wildman–Crippen LogP) is 7.54. The summed E-state index contributed by atoms with van der Waals surface area (Å²) >= 11 is 6.19. The van der Waals surface area contributed by atoms with Crippen LogP contribution in [0, 0.1) is 6.92 Å². The summed E-state index contributed by atoms with van der Waals surface area (Å²) in [5.41, 5.74) is 7.26. The fourth-order valence-corrected chi connectivity index (χ4v) is 3.79. The minimum atomic E-state index is -4.54. The third-order valence-electron chi connectivity index (χ3n) is 5.42. The van der Waals surface area contributed by atoms with E-state index >= 15 is 0 Å². The number of nitrogens with two attached hydrogens (primary N) is 1. The van der Waals surface area contributed by atoms with Gasteiger partial charge >= 0.3 is 6.18 Å². The Hall–Kier alpha value is -4.63. The van der Waals surface area contributed by atoms with Crippen molar-refractivity contribution in [1.82, 2.24) is 4.98 Å². The summed E-state index contributed by atoms with van der Waals surface area (Å²) in [6.07, 6.45) is -0.741. The number of anilines is 1. The molecule has 0 aliphatic carbocycles. The summed E-state index contributed by atoms with van der Waals surface area (Å²) in [6, 6.07) is 20.1. The molecule has 0 fully saturated rings. The summed E-state index contributed by atoms with van der Waals surface area (Å²) in [7, 11) is 0. The molecule has 0 spiro atoms. The van der Waals surface area contributed by atoms with Crippen LogP contribution in [0.1, 0.15) is 22.4 Å². The first-order valence-electron chi connectivity index (χ1n) is 11.6. The second-order valence-electron chi connectivity index (χ2n) is 8.32. The lowest BCUT2D eigenvalue weighted by atomic mass is 10.1. The van der Waals surface area contributed by atoms with Crippen molar-refractivity contribution in [3.8, 4) is 11.5 Å². The van der Waals surface area contributed by atoms with Gasteiger partial charge in [-0.05, 0) is 79.2 Å². The Kier molecular flexibility index (Phi) is 8.31. The van der Waals surface area contributed by atoms with E-state index < -0.39 is 17.6 Å². The predicted molar refractivity (Wildman–Crippen MR) is 146 cm³/mol. The third-order valence-corrected chi connectivity index (χ3v) is 5.63. The first-order valence-corrected chi connectivity index (χ1v) is 12.0. The highest BCUT2D eigenvalue weighted by molar-refractivity contribution is 6.31. The molecule has 10 heteroatoms. The van der Waals surface area contributed by atoms with Crippen LogP contribution in [0.25, 0.3) is 6.08 Å². The van der Waals surface area contributed by atoms with Crippen molar-refractivity contribution in [2.45, 2.75) is 13.1 Å². The number of ether oxygens (including phenoxy) is 1. The van der Waals surface area contributed by atoms with Gasteiger partial charge in [0.25, 0.3) is 0 Å². The number of aliphatic imine (C=N–C) groups is 1. The maximum atomic E-state index is 13.2. The Morgan fingerprint density at radius 1 is 1.05 bits per heavy atom. The molecule has 3 N–H and O–H groups in total. The number of hydrogen-bond donors (Lipinski definition) is 2. The van der Waals surface area contributed by atoms with Gasteiger partial charge in [0.2, 0.25) is 5.91 Å². The number of nitrogens with one attached hydrogen (secondary N) is 1. The molecule has 0 saturated heterocycles. The topological polar surface area (TPSA) is 89.6 Å². The van der Waals surface area contributed by atoms with Crippen molar-refractivity contribution in [2.75, 3.05) is 5.32 Å². The number of carbonyl (C=O) groups excluding carboxylic acids is 1. The van der Waals surface area contributed by atoms with Gasteiger partial charge in [-0.3, -0.25) is 9.78 Å². The molecule has 1 heterocycles. The van der Waals surface area contributed by atoms with Crippen molar-refractivity contribution < 1.29 is 22.7 Å². The Bertz CT molecular complexity index is 1550. The molecule has 0 unspecified atom stereocenters. The molecular weight excluding hydrogens is 529 g/mol. The Morgan fingerprint density at radius 3 is 2.51 bits per heavy atom. The van der Waals surface area contributed by atoms with Gasteiger partial charge in [0.1, 0.15) is 17.3 Å². The molecule has 4 rings (SSSR count). The van der Waals surface area contributed by atoms with Crippen molar-refractivity contribution in [3.05, 3.63) is 119 Å². The van der Waals surface area contributed by atoms with Crippen LogP contribution in [0.15, 0.2) is 96.1 Å². The minimum absolute atomic E-state index is 0.128. The summed E-state index contributed by atoms with van der Waals surface area (Å²) in [6.45, 7) is 1.85. The summed E-state index contributed by atoms with van der Waals surface area (Å²) in [5, 5.41) is 2.86. The number of rotatable bonds is 7. The maximum absolute atomic E-state index is 13.2. The fourth-order valence-electron chi connectivity index (χ4n) is 3.56. The molecule has 6 nitrogen and oxygen atoms in total. The molecule has 0 radical (unpaired) electrons. The fraction of sp³-hybridized carbons (Fsp3) is 0.0690. The number of aromatic nitrogens is 1. The van der Waals surface area contributed by atoms with E-state index in [4.69, 9.17) is 22.1 Å². The molecular formula is C29H22ClF3N4O2. The van der Waals surface area contributed by atoms with Crippen LogP contribution in [-0.4, -0.2) is 16.7 Å². The number of nitrogens with zero attached hydrogens (tertiary/aromatic N) is 2. The minimum Gasteiger partial charge on any atom is -0.455 e. The average molecular weight is 551 g/mol. The van der Waals surface area contributed by atoms with E-state index in [1.54, 1.807) is 42.6 Å². The monoisotopic (exact) mass is 550 g/mol. The van der Waals surface area contributed by atoms with E-state index in [2.05, 4.69) is 15.3 Å². The van der Waals surface area contributed by atoms with E-state index in [0.717, 1.165) is 23.9 Å². The van der Waals surface area contributed by atoms with E-state index in [-0.39, 0.29) is 16.4 Å². The lowest BCUT2D eigenvalue weighted by Gasteiger charge is -2.10. The summed E-state index contributed by atoms with van der Waals surface area (Å²) in [4.78, 5) is 21.0. The quantitative estimate of drug-likeness (QED) is 0.141. The number of halogens is 4. The van der Waals surface area contributed by atoms with Crippen LogP contribution in [-0.2, 0) is 11.0 Å². The number of aryl methyl sites for hydroxylation is 1. The maximum Gasteiger partial charge on any atom is 0.416 e. The highest BCUT2D eigenvalue weighted by Crippen LogP contribution is 2.32. The standard InChI is InChI=1S/C29H22ClF3N4O2/c1-18-26(7-4-14-35-18)39-24-11-8-20(9-12-24)28(34)37-23-16-21(30)15-22(17-23)36-27(38)13-10-19-5-2-3-6-25(19)29(31,32)33/h2-17H,1H3,(H2,34,37)(H,36,38). The van der Waals surface area contributed by atoms with Gasteiger partial charge in [-0.1, -0.05) is 29.8 Å². The van der Waals surface area contributed by atoms with Crippen molar-refractivity contribution >= 4 is 40.8 Å². The Morgan fingerprint density at radius 2 is 1.79 bits per heavy atom. The molecule has 39 heavy (non-hydrogen) atoms. The molecule has 198 valence electrons. The number of amides is 1. The molecule has 1 aromatic heterocycles. The van der Waals surface area contributed by atoms with Crippen LogP contribution < -0.4 is 15.8 Å². The lowest BCUT2D eigenvalue weighted by Crippen LogP contribution is -2.12. The molecule has 0 saturated carbocycles. The summed E-state index contributed by atoms with van der Waals surface area (Å²) < 4.78 is 45.4. The lowest BCUT2D eigenvalue weighted by molar-refractivity contribution is -0.137. The summed E-state index contributed by atoms with van der Waals surface area (Å²) in [5.74, 6) is 0.792. The first-order chi connectivity index (χ1) is 18.6. The molecule has 0 bridgehead atoms. The van der Waals surface area contributed by atoms with Gasteiger partial charge in [0.05, 0.1) is 16.9 Å². The number of alkyl halides is 3. The van der Waals surface area contributed by atoms with E-state index in [1.165, 1.54) is 30.3 Å². The smallest absolute Gasteiger partial charge is 0.416 e. The van der Waals surface area contributed by atoms with Crippen molar-refractivity contribution in [3.63, 3.8) is 0 Å². The van der Waals surface area contributed by atoms with Crippen molar-refractivity contribution in [2.24, 2.45) is 10.7 Å². The third kappa shape index (κ3) is 7.45. The van der Waals surface area contributed by atoms with Crippen molar-refractivity contribution in [1.29, 1.82) is 0 Å². The molecule has 0 aliphatic rings. The highest BCUT2D eigenvalue weighted by atomic mass is 35.5. The average Bonchev–Trinajstić information content (AvgIpc) is 2.88. The van der Waals surface area contributed by atoms with E-state index in [9.17, 15) is 18.0 Å². The van der Waals surface area contributed by atoms with Gasteiger partial charge < -0.3 is 15.8 Å². The van der Waals surface area contributed by atoms with E-state index in [1.807, 2.05) is 13.0 Å². The van der Waals surface area contributed by atoms with Gasteiger partial charge in [0.15, 0.2) is 0 Å². The van der Waals surface area contributed by atoms with Gasteiger partial charge in [-0.15, -0.1) is 0 Å². The zero-order chi connectivity index (χ0) is 28.0. The first kappa shape index (κ1) is 27.4. The zero-order valence-corrected chi connectivity index (χ0v) is 21.3. The van der Waals surface area contributed by atoms with E-state index in [0.29, 0.717) is 28.4 Å². The number of pyridine rings is 1. The molecule has 1 amide bonds. The number of carbonyl (C=O) groups is 1. The van der Waals surface area contributed by atoms with Crippen LogP contribution in [0.2, 0.25) is 5.02 Å². The van der Waals surface area contributed by atoms with Gasteiger partial charge in [-0.2, -0.15) is 13.2 Å².